The third-order valence-corrected chi connectivity index (χ3v) is 4.91. The second-order valence-corrected chi connectivity index (χ2v) is 6.40. The predicted molar refractivity (Wildman–Crippen MR) is 92.5 cm³/mol. The van der Waals surface area contributed by atoms with Gasteiger partial charge in [-0.1, -0.05) is 18.6 Å². The summed E-state index contributed by atoms with van der Waals surface area (Å²) in [4.78, 5) is 23.9. The van der Waals surface area contributed by atoms with Crippen molar-refractivity contribution in [3.05, 3.63) is 29.3 Å². The standard InChI is InChI=1S/C17H23N3O2.ClH/c1-10(19-17(22)14-4-2-3-12(14)9-18)11-5-6-15-13(7-11)8-16(21)20-15;/h5-7,10,12,14H,2-4,8-9,18H2,1H3,(H,19,22)(H,20,21);1H/t10?,12-,14-;/m1./s1. The summed E-state index contributed by atoms with van der Waals surface area (Å²) in [7, 11) is 0. The molecule has 3 atom stereocenters. The van der Waals surface area contributed by atoms with Gasteiger partial charge in [-0.2, -0.15) is 0 Å². The van der Waals surface area contributed by atoms with Crippen LogP contribution in [0.1, 0.15) is 43.4 Å². The Hall–Kier alpha value is -1.59. The molecule has 2 amide bonds. The summed E-state index contributed by atoms with van der Waals surface area (Å²) in [6.07, 6.45) is 3.49. The minimum atomic E-state index is -0.0625. The van der Waals surface area contributed by atoms with Crippen LogP contribution in [0.15, 0.2) is 18.2 Å². The molecular weight excluding hydrogens is 314 g/mol. The lowest BCUT2D eigenvalue weighted by molar-refractivity contribution is -0.126. The first-order valence-electron chi connectivity index (χ1n) is 8.01. The van der Waals surface area contributed by atoms with E-state index in [0.717, 1.165) is 36.1 Å². The van der Waals surface area contributed by atoms with E-state index in [-0.39, 0.29) is 36.2 Å². The van der Waals surface area contributed by atoms with E-state index in [1.165, 1.54) is 0 Å². The molecule has 5 nitrogen and oxygen atoms in total. The van der Waals surface area contributed by atoms with E-state index in [0.29, 0.717) is 18.9 Å². The van der Waals surface area contributed by atoms with Crippen molar-refractivity contribution >= 4 is 29.9 Å². The van der Waals surface area contributed by atoms with E-state index >= 15 is 0 Å². The second kappa shape index (κ2) is 7.32. The Bertz CT molecular complexity index is 606. The van der Waals surface area contributed by atoms with Gasteiger partial charge in [0.05, 0.1) is 12.5 Å². The lowest BCUT2D eigenvalue weighted by Crippen LogP contribution is -2.36. The number of hydrogen-bond acceptors (Lipinski definition) is 3. The number of nitrogens with one attached hydrogen (secondary N) is 2. The number of anilines is 1. The zero-order valence-electron chi connectivity index (χ0n) is 13.3. The first kappa shape index (κ1) is 17.8. The van der Waals surface area contributed by atoms with E-state index in [9.17, 15) is 9.59 Å². The molecule has 2 aliphatic rings. The van der Waals surface area contributed by atoms with E-state index in [1.54, 1.807) is 0 Å². The second-order valence-electron chi connectivity index (χ2n) is 6.40. The molecule has 0 saturated heterocycles. The number of carbonyl (C=O) groups excluding carboxylic acids is 2. The first-order valence-corrected chi connectivity index (χ1v) is 8.01. The molecule has 1 aromatic carbocycles. The average molecular weight is 338 g/mol. The molecule has 6 heteroatoms. The van der Waals surface area contributed by atoms with Crippen molar-refractivity contribution in [3.63, 3.8) is 0 Å². The Morgan fingerprint density at radius 3 is 2.96 bits per heavy atom. The fraction of sp³-hybridized carbons (Fsp3) is 0.529. The summed E-state index contributed by atoms with van der Waals surface area (Å²) >= 11 is 0. The van der Waals surface area contributed by atoms with Gasteiger partial charge in [-0.25, -0.2) is 0 Å². The van der Waals surface area contributed by atoms with Gasteiger partial charge in [-0.15, -0.1) is 12.4 Å². The summed E-state index contributed by atoms with van der Waals surface area (Å²) in [5, 5.41) is 5.93. The van der Waals surface area contributed by atoms with E-state index in [4.69, 9.17) is 5.73 Å². The van der Waals surface area contributed by atoms with Crippen molar-refractivity contribution in [2.45, 2.75) is 38.6 Å². The maximum atomic E-state index is 12.5. The monoisotopic (exact) mass is 337 g/mol. The molecule has 1 aromatic rings. The number of halogens is 1. The number of rotatable bonds is 4. The maximum Gasteiger partial charge on any atom is 0.228 e. The van der Waals surface area contributed by atoms with Crippen molar-refractivity contribution < 1.29 is 9.59 Å². The Morgan fingerprint density at radius 2 is 2.22 bits per heavy atom. The van der Waals surface area contributed by atoms with Gasteiger partial charge >= 0.3 is 0 Å². The Labute approximate surface area is 142 Å². The molecule has 126 valence electrons. The van der Waals surface area contributed by atoms with Crippen LogP contribution in [-0.2, 0) is 16.0 Å². The fourth-order valence-electron chi connectivity index (χ4n) is 3.59. The number of fused-ring (bicyclic) bond motifs is 1. The van der Waals surface area contributed by atoms with E-state index in [1.807, 2.05) is 25.1 Å². The molecule has 1 unspecified atom stereocenters. The van der Waals surface area contributed by atoms with Crippen molar-refractivity contribution in [1.29, 1.82) is 0 Å². The quantitative estimate of drug-likeness (QED) is 0.787. The summed E-state index contributed by atoms with van der Waals surface area (Å²) in [5.74, 6) is 0.495. The van der Waals surface area contributed by atoms with Crippen LogP contribution < -0.4 is 16.4 Å². The van der Waals surface area contributed by atoms with Crippen LogP contribution in [0.2, 0.25) is 0 Å². The summed E-state index contributed by atoms with van der Waals surface area (Å²) < 4.78 is 0. The van der Waals surface area contributed by atoms with Gasteiger partial charge in [-0.05, 0) is 49.4 Å². The fourth-order valence-corrected chi connectivity index (χ4v) is 3.59. The highest BCUT2D eigenvalue weighted by Crippen LogP contribution is 2.32. The molecule has 0 bridgehead atoms. The SMILES string of the molecule is CC(NC(=O)[C@@H]1CCC[C@@H]1CN)c1ccc2c(c1)CC(=O)N2.Cl. The third kappa shape index (κ3) is 3.67. The van der Waals surface area contributed by atoms with Crippen LogP contribution >= 0.6 is 12.4 Å². The zero-order chi connectivity index (χ0) is 15.7. The van der Waals surface area contributed by atoms with Gasteiger partial charge in [0.15, 0.2) is 0 Å². The molecule has 4 N–H and O–H groups in total. The highest BCUT2D eigenvalue weighted by atomic mass is 35.5. The number of amides is 2. The smallest absolute Gasteiger partial charge is 0.228 e. The van der Waals surface area contributed by atoms with Gasteiger partial charge in [0, 0.05) is 11.6 Å². The maximum absolute atomic E-state index is 12.5. The van der Waals surface area contributed by atoms with Crippen molar-refractivity contribution in [2.75, 3.05) is 11.9 Å². The highest BCUT2D eigenvalue weighted by Gasteiger charge is 2.32. The molecule has 1 heterocycles. The molecule has 1 aliphatic heterocycles. The van der Waals surface area contributed by atoms with Crippen LogP contribution in [0.3, 0.4) is 0 Å². The summed E-state index contributed by atoms with van der Waals surface area (Å²) in [6.45, 7) is 2.56. The number of benzene rings is 1. The zero-order valence-corrected chi connectivity index (χ0v) is 14.1. The van der Waals surface area contributed by atoms with Gasteiger partial charge in [0.25, 0.3) is 0 Å². The minimum absolute atomic E-state index is 0. The third-order valence-electron chi connectivity index (χ3n) is 4.91. The molecule has 1 saturated carbocycles. The van der Waals surface area contributed by atoms with E-state index < -0.39 is 0 Å². The number of carbonyl (C=O) groups is 2. The minimum Gasteiger partial charge on any atom is -0.349 e. The number of nitrogens with two attached hydrogens (primary N) is 1. The first-order chi connectivity index (χ1) is 10.6. The van der Waals surface area contributed by atoms with Crippen LogP contribution in [0, 0.1) is 11.8 Å². The Morgan fingerprint density at radius 1 is 1.43 bits per heavy atom. The Balaban J connectivity index is 0.00000192. The normalized spacial score (nSPS) is 23.7. The number of hydrogen-bond donors (Lipinski definition) is 3. The highest BCUT2D eigenvalue weighted by molar-refractivity contribution is 5.99. The van der Waals surface area contributed by atoms with Crippen molar-refractivity contribution in [2.24, 2.45) is 17.6 Å². The molecule has 0 spiro atoms. The van der Waals surface area contributed by atoms with E-state index in [2.05, 4.69) is 10.6 Å². The predicted octanol–water partition coefficient (Wildman–Crippen LogP) is 2.16. The topological polar surface area (TPSA) is 84.2 Å². The van der Waals surface area contributed by atoms with Crippen LogP contribution in [0.5, 0.6) is 0 Å². The average Bonchev–Trinajstić information content (AvgIpc) is 3.10. The lowest BCUT2D eigenvalue weighted by Gasteiger charge is -2.21. The van der Waals surface area contributed by atoms with Crippen molar-refractivity contribution in [1.82, 2.24) is 5.32 Å². The van der Waals surface area contributed by atoms with Gasteiger partial charge in [0.1, 0.15) is 0 Å². The van der Waals surface area contributed by atoms with Crippen molar-refractivity contribution in [3.8, 4) is 0 Å². The molecule has 1 aliphatic carbocycles. The summed E-state index contributed by atoms with van der Waals surface area (Å²) in [5.41, 5.74) is 8.68. The molecule has 1 fully saturated rings. The Kier molecular flexibility index (Phi) is 5.65. The van der Waals surface area contributed by atoms with Gasteiger partial charge in [0.2, 0.25) is 11.8 Å². The van der Waals surface area contributed by atoms with Gasteiger partial charge in [-0.3, -0.25) is 9.59 Å². The molecule has 0 aromatic heterocycles. The molecule has 23 heavy (non-hydrogen) atoms. The van der Waals surface area contributed by atoms with Crippen LogP contribution in [0.25, 0.3) is 0 Å². The van der Waals surface area contributed by atoms with Gasteiger partial charge < -0.3 is 16.4 Å². The van der Waals surface area contributed by atoms with Crippen LogP contribution in [-0.4, -0.2) is 18.4 Å². The lowest BCUT2D eigenvalue weighted by atomic mass is 9.94. The largest absolute Gasteiger partial charge is 0.349 e. The molecule has 3 rings (SSSR count). The molecule has 0 radical (unpaired) electrons. The summed E-state index contributed by atoms with van der Waals surface area (Å²) in [6, 6.07) is 5.82. The molecular formula is C17H24ClN3O2. The van der Waals surface area contributed by atoms with Crippen LogP contribution in [0.4, 0.5) is 5.69 Å².